The normalized spacial score (nSPS) is 11.3. The summed E-state index contributed by atoms with van der Waals surface area (Å²) in [5.74, 6) is 0. The fourth-order valence-electron chi connectivity index (χ4n) is 2.26. The first kappa shape index (κ1) is 14.2. The Morgan fingerprint density at radius 3 is 2.40 bits per heavy atom. The van der Waals surface area contributed by atoms with Crippen LogP contribution in [0.15, 0.2) is 52.5 Å². The van der Waals surface area contributed by atoms with Gasteiger partial charge in [-0.1, -0.05) is 48.6 Å². The minimum atomic E-state index is 0.781. The van der Waals surface area contributed by atoms with E-state index in [0.717, 1.165) is 19.5 Å². The molecule has 0 atom stereocenters. The van der Waals surface area contributed by atoms with Crippen LogP contribution < -0.4 is 0 Å². The summed E-state index contributed by atoms with van der Waals surface area (Å²) in [4.78, 5) is 7.49. The third-order valence-corrected chi connectivity index (χ3v) is 3.12. The van der Waals surface area contributed by atoms with Crippen molar-refractivity contribution < 1.29 is 0 Å². The summed E-state index contributed by atoms with van der Waals surface area (Å²) in [7, 11) is 0. The number of allylic oxidation sites excluding steroid dienone is 1. The van der Waals surface area contributed by atoms with Gasteiger partial charge in [0.2, 0.25) is 0 Å². The van der Waals surface area contributed by atoms with Crippen LogP contribution in [-0.4, -0.2) is 19.1 Å². The highest BCUT2D eigenvalue weighted by Gasteiger charge is 2.06. The molecule has 0 radical (unpaired) electrons. The van der Waals surface area contributed by atoms with E-state index in [2.05, 4.69) is 64.5 Å². The summed E-state index contributed by atoms with van der Waals surface area (Å²) in [5, 5.41) is 2.80. The molecule has 2 nitrogen and oxygen atoms in total. The molecule has 0 bridgehead atoms. The molecule has 2 heteroatoms. The van der Waals surface area contributed by atoms with Crippen LogP contribution in [0.4, 0.5) is 0 Å². The van der Waals surface area contributed by atoms with Crippen molar-refractivity contribution in [1.29, 1.82) is 0 Å². The van der Waals surface area contributed by atoms with Gasteiger partial charge in [-0.25, -0.2) is 9.98 Å². The lowest BCUT2D eigenvalue weighted by molar-refractivity contribution is 1.10. The van der Waals surface area contributed by atoms with Crippen molar-refractivity contribution in [2.75, 3.05) is 13.1 Å². The van der Waals surface area contributed by atoms with Gasteiger partial charge in [0.05, 0.1) is 6.01 Å². The summed E-state index contributed by atoms with van der Waals surface area (Å²) in [5.41, 5.74) is 2.81. The predicted molar refractivity (Wildman–Crippen MR) is 87.6 cm³/mol. The highest BCUT2D eigenvalue weighted by atomic mass is 14.8. The topological polar surface area (TPSA) is 24.7 Å². The largest absolute Gasteiger partial charge is 0.226 e. The molecule has 1 aliphatic rings. The molecule has 0 unspecified atom stereocenters. The van der Waals surface area contributed by atoms with Crippen molar-refractivity contribution in [3.8, 4) is 0 Å². The molecule has 0 aliphatic heterocycles. The molecule has 0 fully saturated rings. The maximum atomic E-state index is 3.74. The molecular weight excluding hydrogens is 244 g/mol. The molecule has 3 rings (SSSR count). The Hall–Kier alpha value is -2.18. The van der Waals surface area contributed by atoms with Crippen LogP contribution >= 0.6 is 0 Å². The molecule has 20 heavy (non-hydrogen) atoms. The smallest absolute Gasteiger partial charge is 0.0892 e. The van der Waals surface area contributed by atoms with E-state index >= 15 is 0 Å². The van der Waals surface area contributed by atoms with Gasteiger partial charge in [0.15, 0.2) is 0 Å². The second-order valence-electron chi connectivity index (χ2n) is 4.52. The van der Waals surface area contributed by atoms with Crippen LogP contribution in [0.1, 0.15) is 25.0 Å². The molecule has 0 spiro atoms. The number of hydrogen-bond acceptors (Lipinski definition) is 2. The van der Waals surface area contributed by atoms with E-state index in [-0.39, 0.29) is 0 Å². The predicted octanol–water partition coefficient (Wildman–Crippen LogP) is 4.61. The molecule has 0 heterocycles. The number of benzene rings is 2. The van der Waals surface area contributed by atoms with E-state index in [1.54, 1.807) is 0 Å². The first-order valence-corrected chi connectivity index (χ1v) is 7.12. The van der Waals surface area contributed by atoms with E-state index in [4.69, 9.17) is 0 Å². The van der Waals surface area contributed by atoms with Gasteiger partial charge in [-0.05, 0) is 42.2 Å². The molecule has 0 saturated heterocycles. The van der Waals surface area contributed by atoms with Gasteiger partial charge in [0.1, 0.15) is 0 Å². The van der Waals surface area contributed by atoms with Crippen LogP contribution in [0.3, 0.4) is 0 Å². The van der Waals surface area contributed by atoms with E-state index in [9.17, 15) is 0 Å². The SMILES string of the molecule is C1=Cc2cccc3cccc(c23)C1.CCN=C=NCC. The van der Waals surface area contributed by atoms with Gasteiger partial charge in [-0.15, -0.1) is 0 Å². The Morgan fingerprint density at radius 1 is 1.00 bits per heavy atom. The van der Waals surface area contributed by atoms with Crippen LogP contribution in [-0.2, 0) is 6.42 Å². The van der Waals surface area contributed by atoms with E-state index in [1.165, 1.54) is 21.9 Å². The fourth-order valence-corrected chi connectivity index (χ4v) is 2.26. The second kappa shape index (κ2) is 7.42. The lowest BCUT2D eigenvalue weighted by Crippen LogP contribution is -1.91. The molecule has 2 aromatic carbocycles. The van der Waals surface area contributed by atoms with Crippen LogP contribution in [0, 0.1) is 0 Å². The van der Waals surface area contributed by atoms with Crippen molar-refractivity contribution >= 4 is 22.9 Å². The average molecular weight is 264 g/mol. The highest BCUT2D eigenvalue weighted by Crippen LogP contribution is 2.27. The number of hydrogen-bond donors (Lipinski definition) is 0. The zero-order valence-electron chi connectivity index (χ0n) is 12.1. The Labute approximate surface area is 120 Å². The summed E-state index contributed by atoms with van der Waals surface area (Å²) in [6, 6.07) is 15.6. The highest BCUT2D eigenvalue weighted by molar-refractivity contribution is 5.94. The van der Waals surface area contributed by atoms with Gasteiger partial charge in [-0.2, -0.15) is 0 Å². The molecular formula is C18H20N2. The molecule has 0 N–H and O–H groups in total. The fraction of sp³-hybridized carbons (Fsp3) is 0.278. The molecule has 102 valence electrons. The Morgan fingerprint density at radius 2 is 1.70 bits per heavy atom. The summed E-state index contributed by atoms with van der Waals surface area (Å²) >= 11 is 0. The minimum absolute atomic E-state index is 0.781. The molecule has 1 aliphatic carbocycles. The maximum Gasteiger partial charge on any atom is 0.0892 e. The van der Waals surface area contributed by atoms with Crippen LogP contribution in [0.5, 0.6) is 0 Å². The number of rotatable bonds is 2. The standard InChI is InChI=1S/C13H10.C5H10N2/c1-4-10-6-2-8-12-9-3-7-11(5-1)13(10)12;1-3-6-5-7-4-2/h1-8H,9H2;3-4H2,1-2H3. The van der Waals surface area contributed by atoms with Gasteiger partial charge >= 0.3 is 0 Å². The lowest BCUT2D eigenvalue weighted by atomic mass is 9.93. The average Bonchev–Trinajstić information content (AvgIpc) is 2.50. The van der Waals surface area contributed by atoms with Gasteiger partial charge in [0.25, 0.3) is 0 Å². The van der Waals surface area contributed by atoms with E-state index in [0.29, 0.717) is 0 Å². The quantitative estimate of drug-likeness (QED) is 0.708. The first-order valence-electron chi connectivity index (χ1n) is 7.12. The maximum absolute atomic E-state index is 3.74. The van der Waals surface area contributed by atoms with Crippen molar-refractivity contribution in [2.24, 2.45) is 9.98 Å². The van der Waals surface area contributed by atoms with Crippen molar-refractivity contribution in [1.82, 2.24) is 0 Å². The van der Waals surface area contributed by atoms with E-state index in [1.807, 2.05) is 13.8 Å². The van der Waals surface area contributed by atoms with Gasteiger partial charge in [0, 0.05) is 13.1 Å². The molecule has 0 aromatic heterocycles. The summed E-state index contributed by atoms with van der Waals surface area (Å²) in [6.07, 6.45) is 5.53. The Bertz CT molecular complexity index is 649. The Kier molecular flexibility index (Phi) is 5.28. The van der Waals surface area contributed by atoms with E-state index < -0.39 is 0 Å². The zero-order valence-corrected chi connectivity index (χ0v) is 12.1. The summed E-state index contributed by atoms with van der Waals surface area (Å²) in [6.45, 7) is 5.48. The summed E-state index contributed by atoms with van der Waals surface area (Å²) < 4.78 is 0. The lowest BCUT2D eigenvalue weighted by Gasteiger charge is -2.11. The number of aliphatic imine (C=N–C) groups is 2. The monoisotopic (exact) mass is 264 g/mol. The van der Waals surface area contributed by atoms with Crippen molar-refractivity contribution in [3.05, 3.63) is 53.6 Å². The van der Waals surface area contributed by atoms with Crippen LogP contribution in [0.25, 0.3) is 16.8 Å². The third kappa shape index (κ3) is 3.43. The van der Waals surface area contributed by atoms with Gasteiger partial charge < -0.3 is 0 Å². The van der Waals surface area contributed by atoms with Crippen molar-refractivity contribution in [2.45, 2.75) is 20.3 Å². The molecule has 0 amide bonds. The zero-order chi connectivity index (χ0) is 14.2. The van der Waals surface area contributed by atoms with Crippen LogP contribution in [0.2, 0.25) is 0 Å². The van der Waals surface area contributed by atoms with Crippen molar-refractivity contribution in [3.63, 3.8) is 0 Å². The number of nitrogens with zero attached hydrogens (tertiary/aromatic N) is 2. The molecule has 2 aromatic rings. The second-order valence-corrected chi connectivity index (χ2v) is 4.52. The third-order valence-electron chi connectivity index (χ3n) is 3.12. The first-order chi connectivity index (χ1) is 9.86. The Balaban J connectivity index is 0.000000182. The van der Waals surface area contributed by atoms with Gasteiger partial charge in [-0.3, -0.25) is 0 Å². The molecule has 0 saturated carbocycles. The minimum Gasteiger partial charge on any atom is -0.226 e.